The highest BCUT2D eigenvalue weighted by Crippen LogP contribution is 2.16. The zero-order chi connectivity index (χ0) is 13.1. The normalized spacial score (nSPS) is 11.2. The van der Waals surface area contributed by atoms with Crippen LogP contribution in [0.1, 0.15) is 5.76 Å². The fraction of sp³-hybridized carbons (Fsp3) is 0.200. The molecule has 3 nitrogen and oxygen atoms in total. The van der Waals surface area contributed by atoms with E-state index >= 15 is 0 Å². The van der Waals surface area contributed by atoms with Gasteiger partial charge in [0.05, 0.1) is 18.3 Å². The molecule has 0 fully saturated rings. The van der Waals surface area contributed by atoms with E-state index in [-0.39, 0.29) is 5.82 Å². The van der Waals surface area contributed by atoms with Gasteiger partial charge in [-0.25, -0.2) is 4.39 Å². The number of hydrogen-bond acceptors (Lipinski definition) is 2. The molecule has 3 aromatic rings. The van der Waals surface area contributed by atoms with Crippen molar-refractivity contribution in [2.24, 2.45) is 0 Å². The standard InChI is InChI=1S/C15H15FN2O/c16-13-4-3-12-5-7-18(15(12)10-13)8-6-17-11-14-2-1-9-19-14/h1-5,7,9-10,17H,6,8,11H2. The summed E-state index contributed by atoms with van der Waals surface area (Å²) in [4.78, 5) is 0. The van der Waals surface area contributed by atoms with Crippen LogP contribution in [0.2, 0.25) is 0 Å². The molecule has 98 valence electrons. The minimum atomic E-state index is -0.198. The number of aromatic nitrogens is 1. The molecule has 19 heavy (non-hydrogen) atoms. The van der Waals surface area contributed by atoms with E-state index in [4.69, 9.17) is 4.42 Å². The Hall–Kier alpha value is -2.07. The van der Waals surface area contributed by atoms with Gasteiger partial charge in [-0.05, 0) is 41.8 Å². The van der Waals surface area contributed by atoms with Crippen molar-refractivity contribution in [1.82, 2.24) is 9.88 Å². The number of furan rings is 1. The predicted octanol–water partition coefficient (Wildman–Crippen LogP) is 3.16. The van der Waals surface area contributed by atoms with Gasteiger partial charge in [0.15, 0.2) is 0 Å². The monoisotopic (exact) mass is 258 g/mol. The summed E-state index contributed by atoms with van der Waals surface area (Å²) < 4.78 is 20.5. The molecular formula is C15H15FN2O. The van der Waals surface area contributed by atoms with Crippen LogP contribution in [-0.4, -0.2) is 11.1 Å². The second-order valence-electron chi connectivity index (χ2n) is 4.47. The molecule has 0 saturated carbocycles. The molecule has 0 aliphatic carbocycles. The van der Waals surface area contributed by atoms with E-state index in [2.05, 4.69) is 5.32 Å². The summed E-state index contributed by atoms with van der Waals surface area (Å²) in [5.41, 5.74) is 0.930. The fourth-order valence-corrected chi connectivity index (χ4v) is 2.18. The highest BCUT2D eigenvalue weighted by atomic mass is 19.1. The van der Waals surface area contributed by atoms with E-state index in [1.807, 2.05) is 29.0 Å². The first kappa shape index (κ1) is 12.0. The van der Waals surface area contributed by atoms with E-state index < -0.39 is 0 Å². The summed E-state index contributed by atoms with van der Waals surface area (Å²) in [7, 11) is 0. The fourth-order valence-electron chi connectivity index (χ4n) is 2.18. The topological polar surface area (TPSA) is 30.1 Å². The summed E-state index contributed by atoms with van der Waals surface area (Å²) >= 11 is 0. The Morgan fingerprint density at radius 3 is 3.00 bits per heavy atom. The minimum absolute atomic E-state index is 0.198. The number of nitrogens with zero attached hydrogens (tertiary/aromatic N) is 1. The Kier molecular flexibility index (Phi) is 3.33. The SMILES string of the molecule is Fc1ccc2ccn(CCNCc3ccco3)c2c1. The van der Waals surface area contributed by atoms with Gasteiger partial charge in [0, 0.05) is 19.3 Å². The molecule has 0 saturated heterocycles. The molecule has 0 aliphatic heterocycles. The summed E-state index contributed by atoms with van der Waals surface area (Å²) in [6.07, 6.45) is 3.65. The lowest BCUT2D eigenvalue weighted by Gasteiger charge is -2.06. The third-order valence-corrected chi connectivity index (χ3v) is 3.14. The van der Waals surface area contributed by atoms with Crippen molar-refractivity contribution in [3.05, 3.63) is 60.4 Å². The zero-order valence-electron chi connectivity index (χ0n) is 10.5. The quantitative estimate of drug-likeness (QED) is 0.712. The third-order valence-electron chi connectivity index (χ3n) is 3.14. The molecule has 0 aliphatic rings. The smallest absolute Gasteiger partial charge is 0.125 e. The number of halogens is 1. The Bertz CT molecular complexity index is 658. The Labute approximate surface area is 110 Å². The zero-order valence-corrected chi connectivity index (χ0v) is 10.5. The molecule has 0 unspecified atom stereocenters. The molecule has 1 N–H and O–H groups in total. The third kappa shape index (κ3) is 2.69. The lowest BCUT2D eigenvalue weighted by atomic mass is 10.2. The van der Waals surface area contributed by atoms with Crippen LogP contribution in [0, 0.1) is 5.82 Å². The van der Waals surface area contributed by atoms with Gasteiger partial charge in [-0.1, -0.05) is 0 Å². The van der Waals surface area contributed by atoms with Crippen molar-refractivity contribution in [2.45, 2.75) is 13.1 Å². The predicted molar refractivity (Wildman–Crippen MR) is 72.3 cm³/mol. The Morgan fingerprint density at radius 1 is 1.21 bits per heavy atom. The highest BCUT2D eigenvalue weighted by molar-refractivity contribution is 5.80. The molecule has 0 spiro atoms. The van der Waals surface area contributed by atoms with Crippen LogP contribution in [0.15, 0.2) is 53.3 Å². The van der Waals surface area contributed by atoms with Gasteiger partial charge in [-0.2, -0.15) is 0 Å². The average Bonchev–Trinajstić information content (AvgIpc) is 3.04. The second kappa shape index (κ2) is 5.28. The molecular weight excluding hydrogens is 243 g/mol. The maximum Gasteiger partial charge on any atom is 0.125 e. The summed E-state index contributed by atoms with van der Waals surface area (Å²) in [5, 5.41) is 4.36. The van der Waals surface area contributed by atoms with Crippen LogP contribution >= 0.6 is 0 Å². The lowest BCUT2D eigenvalue weighted by molar-refractivity contribution is 0.477. The van der Waals surface area contributed by atoms with Gasteiger partial charge in [-0.15, -0.1) is 0 Å². The molecule has 4 heteroatoms. The van der Waals surface area contributed by atoms with Crippen LogP contribution in [0.5, 0.6) is 0 Å². The molecule has 1 aromatic carbocycles. The molecule has 2 aromatic heterocycles. The minimum Gasteiger partial charge on any atom is -0.468 e. The summed E-state index contributed by atoms with van der Waals surface area (Å²) in [6.45, 7) is 2.31. The van der Waals surface area contributed by atoms with Gasteiger partial charge in [0.25, 0.3) is 0 Å². The highest BCUT2D eigenvalue weighted by Gasteiger charge is 2.02. The van der Waals surface area contributed by atoms with Crippen LogP contribution in [0.3, 0.4) is 0 Å². The van der Waals surface area contributed by atoms with Crippen LogP contribution < -0.4 is 5.32 Å². The number of hydrogen-bond donors (Lipinski definition) is 1. The average molecular weight is 258 g/mol. The van der Waals surface area contributed by atoms with E-state index in [1.54, 1.807) is 18.4 Å². The Balaban J connectivity index is 1.60. The van der Waals surface area contributed by atoms with Gasteiger partial charge in [0.1, 0.15) is 11.6 Å². The molecule has 3 rings (SSSR count). The van der Waals surface area contributed by atoms with E-state index in [0.717, 1.165) is 29.8 Å². The Morgan fingerprint density at radius 2 is 2.16 bits per heavy atom. The van der Waals surface area contributed by atoms with Crippen molar-refractivity contribution < 1.29 is 8.81 Å². The van der Waals surface area contributed by atoms with Crippen molar-refractivity contribution in [3.63, 3.8) is 0 Å². The number of fused-ring (bicyclic) bond motifs is 1. The maximum atomic E-state index is 13.2. The molecule has 0 amide bonds. The van der Waals surface area contributed by atoms with Gasteiger partial charge >= 0.3 is 0 Å². The summed E-state index contributed by atoms with van der Waals surface area (Å²) in [6, 6.07) is 10.7. The van der Waals surface area contributed by atoms with Crippen molar-refractivity contribution in [2.75, 3.05) is 6.54 Å². The second-order valence-corrected chi connectivity index (χ2v) is 4.47. The lowest BCUT2D eigenvalue weighted by Crippen LogP contribution is -2.18. The van der Waals surface area contributed by atoms with Crippen molar-refractivity contribution in [1.29, 1.82) is 0 Å². The van der Waals surface area contributed by atoms with Crippen LogP contribution in [0.4, 0.5) is 4.39 Å². The number of nitrogens with one attached hydrogen (secondary N) is 1. The molecule has 0 bridgehead atoms. The number of benzene rings is 1. The molecule has 2 heterocycles. The van der Waals surface area contributed by atoms with Gasteiger partial charge < -0.3 is 14.3 Å². The van der Waals surface area contributed by atoms with Crippen molar-refractivity contribution in [3.8, 4) is 0 Å². The van der Waals surface area contributed by atoms with E-state index in [1.165, 1.54) is 6.07 Å². The van der Waals surface area contributed by atoms with Gasteiger partial charge in [-0.3, -0.25) is 0 Å². The van der Waals surface area contributed by atoms with Crippen LogP contribution in [0.25, 0.3) is 10.9 Å². The van der Waals surface area contributed by atoms with E-state index in [9.17, 15) is 4.39 Å². The first-order chi connectivity index (χ1) is 9.33. The number of rotatable bonds is 5. The molecule has 0 atom stereocenters. The summed E-state index contributed by atoms with van der Waals surface area (Å²) in [5.74, 6) is 0.722. The maximum absolute atomic E-state index is 13.2. The first-order valence-electron chi connectivity index (χ1n) is 6.30. The van der Waals surface area contributed by atoms with Gasteiger partial charge in [0.2, 0.25) is 0 Å². The molecule has 0 radical (unpaired) electrons. The van der Waals surface area contributed by atoms with E-state index in [0.29, 0.717) is 6.54 Å². The first-order valence-corrected chi connectivity index (χ1v) is 6.30. The van der Waals surface area contributed by atoms with Crippen molar-refractivity contribution >= 4 is 10.9 Å². The van der Waals surface area contributed by atoms with Crippen LogP contribution in [-0.2, 0) is 13.1 Å². The largest absolute Gasteiger partial charge is 0.468 e.